The number of aliphatic hydroxyl groups is 1. The molecule has 2 saturated carbocycles. The highest BCUT2D eigenvalue weighted by Crippen LogP contribution is 2.41. The summed E-state index contributed by atoms with van der Waals surface area (Å²) in [5.41, 5.74) is 0. The van der Waals surface area contributed by atoms with Crippen molar-refractivity contribution < 1.29 is 9.53 Å². The maximum absolute atomic E-state index is 8.62. The lowest BCUT2D eigenvalue weighted by molar-refractivity contribution is 0.0513. The summed E-state index contributed by atoms with van der Waals surface area (Å²) < 4.78 is 6.25. The van der Waals surface area contributed by atoms with Crippen molar-refractivity contribution in [1.29, 1.82) is 0 Å². The third kappa shape index (κ3) is 5.20. The second-order valence-corrected chi connectivity index (χ2v) is 13.1. The highest BCUT2D eigenvalue weighted by atomic mass is 28.4. The third-order valence-electron chi connectivity index (χ3n) is 4.95. The Bertz CT molecular complexity index is 265. The van der Waals surface area contributed by atoms with Crippen molar-refractivity contribution in [1.82, 2.24) is 0 Å². The van der Waals surface area contributed by atoms with Crippen LogP contribution in [0.5, 0.6) is 0 Å². The van der Waals surface area contributed by atoms with E-state index in [-0.39, 0.29) is 6.10 Å². The molecule has 114 valence electrons. The smallest absolute Gasteiger partial charge is 0.192 e. The Labute approximate surface area is 121 Å². The molecule has 0 bridgehead atoms. The van der Waals surface area contributed by atoms with Crippen molar-refractivity contribution in [3.05, 3.63) is 0 Å². The van der Waals surface area contributed by atoms with Crippen molar-refractivity contribution in [2.45, 2.75) is 90.6 Å². The molecule has 0 saturated heterocycles. The van der Waals surface area contributed by atoms with Crippen LogP contribution in [0.3, 0.4) is 0 Å². The lowest BCUT2D eigenvalue weighted by Gasteiger charge is -2.44. The largest absolute Gasteiger partial charge is 0.414 e. The molecular weight excluding hydrogens is 252 g/mol. The molecule has 0 aromatic carbocycles. The van der Waals surface area contributed by atoms with Crippen LogP contribution in [0, 0.1) is 11.8 Å². The van der Waals surface area contributed by atoms with E-state index in [2.05, 4.69) is 47.7 Å². The monoisotopic (exact) mass is 286 g/mol. The molecule has 2 nitrogen and oxygen atoms in total. The van der Waals surface area contributed by atoms with Crippen LogP contribution < -0.4 is 0 Å². The average Bonchev–Trinajstić information content (AvgIpc) is 2.12. The average molecular weight is 287 g/mol. The van der Waals surface area contributed by atoms with Gasteiger partial charge in [0, 0.05) is 6.10 Å². The Morgan fingerprint density at radius 3 is 1.58 bits per heavy atom. The number of aliphatic hydroxyl groups excluding tert-OH is 1. The lowest BCUT2D eigenvalue weighted by atomic mass is 9.84. The van der Waals surface area contributed by atoms with Crippen LogP contribution in [-0.2, 0) is 4.43 Å². The molecule has 0 aromatic heterocycles. The Hall–Kier alpha value is 0.137. The highest BCUT2D eigenvalue weighted by molar-refractivity contribution is 6.74. The third-order valence-corrected chi connectivity index (χ3v) is 9.48. The first-order valence-corrected chi connectivity index (χ1v) is 10.8. The quantitative estimate of drug-likeness (QED) is 0.753. The normalized spacial score (nSPS) is 34.7. The Kier molecular flexibility index (Phi) is 5.68. The zero-order valence-electron chi connectivity index (χ0n) is 14.0. The fraction of sp³-hybridized carbons (Fsp3) is 1.00. The van der Waals surface area contributed by atoms with E-state index in [0.29, 0.717) is 11.1 Å². The Balaban J connectivity index is 0.000000250. The predicted octanol–water partition coefficient (Wildman–Crippen LogP) is 4.58. The van der Waals surface area contributed by atoms with Gasteiger partial charge in [-0.05, 0) is 55.7 Å². The summed E-state index contributed by atoms with van der Waals surface area (Å²) in [5.74, 6) is 1.69. The van der Waals surface area contributed by atoms with Gasteiger partial charge >= 0.3 is 0 Å². The molecule has 0 radical (unpaired) electrons. The van der Waals surface area contributed by atoms with E-state index in [1.165, 1.54) is 12.8 Å². The number of hydrogen-bond acceptors (Lipinski definition) is 2. The van der Waals surface area contributed by atoms with Crippen LogP contribution in [0.4, 0.5) is 0 Å². The minimum absolute atomic E-state index is 0.0417. The van der Waals surface area contributed by atoms with Crippen LogP contribution in [0.1, 0.15) is 60.3 Å². The molecule has 2 aliphatic rings. The van der Waals surface area contributed by atoms with Crippen LogP contribution in [0.2, 0.25) is 18.1 Å². The molecule has 3 heteroatoms. The van der Waals surface area contributed by atoms with Gasteiger partial charge < -0.3 is 9.53 Å². The molecule has 0 unspecified atom stereocenters. The summed E-state index contributed by atoms with van der Waals surface area (Å²) in [6.45, 7) is 16.1. The van der Waals surface area contributed by atoms with E-state index in [4.69, 9.17) is 9.53 Å². The maximum Gasteiger partial charge on any atom is 0.192 e. The van der Waals surface area contributed by atoms with E-state index in [9.17, 15) is 0 Å². The minimum Gasteiger partial charge on any atom is -0.414 e. The molecular formula is C16H34O2Si. The molecule has 2 rings (SSSR count). The highest BCUT2D eigenvalue weighted by Gasteiger charge is 2.41. The SMILES string of the molecule is CC1CC(O)C1.CC1CC(O[Si](C)(C)C(C)(C)C)C1. The summed E-state index contributed by atoms with van der Waals surface area (Å²) in [6.07, 6.45) is 5.25. The van der Waals surface area contributed by atoms with Gasteiger partial charge in [0.2, 0.25) is 0 Å². The van der Waals surface area contributed by atoms with E-state index >= 15 is 0 Å². The van der Waals surface area contributed by atoms with Crippen LogP contribution in [0.25, 0.3) is 0 Å². The zero-order valence-corrected chi connectivity index (χ0v) is 15.0. The predicted molar refractivity (Wildman–Crippen MR) is 84.9 cm³/mol. The summed E-state index contributed by atoms with van der Waals surface area (Å²) in [7, 11) is -1.47. The molecule has 0 aliphatic heterocycles. The van der Waals surface area contributed by atoms with Gasteiger partial charge in [0.05, 0.1) is 6.10 Å². The van der Waals surface area contributed by atoms with Crippen molar-refractivity contribution in [2.24, 2.45) is 11.8 Å². The van der Waals surface area contributed by atoms with Crippen molar-refractivity contribution in [3.63, 3.8) is 0 Å². The second-order valence-electron chi connectivity index (χ2n) is 8.31. The van der Waals surface area contributed by atoms with E-state index < -0.39 is 8.32 Å². The molecule has 0 atom stereocenters. The minimum atomic E-state index is -1.47. The van der Waals surface area contributed by atoms with Crippen LogP contribution in [0.15, 0.2) is 0 Å². The van der Waals surface area contributed by atoms with Gasteiger partial charge in [0.1, 0.15) is 0 Å². The van der Waals surface area contributed by atoms with E-state index in [0.717, 1.165) is 24.7 Å². The zero-order chi connectivity index (χ0) is 14.8. The maximum atomic E-state index is 8.62. The lowest BCUT2D eigenvalue weighted by Crippen LogP contribution is -2.47. The molecule has 0 heterocycles. The van der Waals surface area contributed by atoms with Crippen molar-refractivity contribution in [2.75, 3.05) is 0 Å². The van der Waals surface area contributed by atoms with Gasteiger partial charge in [0.25, 0.3) is 0 Å². The standard InChI is InChI=1S/C11H24OSi.C5H10O/c1-9-7-10(8-9)12-13(5,6)11(2,3)4;1-4-2-5(6)3-4/h9-10H,7-8H2,1-6H3;4-6H,2-3H2,1H3. The van der Waals surface area contributed by atoms with Crippen LogP contribution >= 0.6 is 0 Å². The summed E-state index contributed by atoms with van der Waals surface area (Å²) in [5, 5.41) is 8.99. The molecule has 2 aliphatic carbocycles. The van der Waals surface area contributed by atoms with Crippen molar-refractivity contribution >= 4 is 8.32 Å². The second kappa shape index (κ2) is 6.27. The molecule has 0 spiro atoms. The molecule has 19 heavy (non-hydrogen) atoms. The van der Waals surface area contributed by atoms with E-state index in [1.54, 1.807) is 0 Å². The molecule has 0 aromatic rings. The molecule has 1 N–H and O–H groups in total. The van der Waals surface area contributed by atoms with E-state index in [1.807, 2.05) is 0 Å². The van der Waals surface area contributed by atoms with Crippen molar-refractivity contribution in [3.8, 4) is 0 Å². The first kappa shape index (κ1) is 17.2. The fourth-order valence-electron chi connectivity index (χ4n) is 2.38. The molecule has 2 fully saturated rings. The van der Waals surface area contributed by atoms with Gasteiger partial charge in [-0.1, -0.05) is 34.6 Å². The first-order valence-electron chi connectivity index (χ1n) is 7.87. The van der Waals surface area contributed by atoms with Gasteiger partial charge in [-0.25, -0.2) is 0 Å². The van der Waals surface area contributed by atoms with Gasteiger partial charge in [-0.15, -0.1) is 0 Å². The molecule has 0 amide bonds. The van der Waals surface area contributed by atoms with Crippen LogP contribution in [-0.4, -0.2) is 25.6 Å². The summed E-state index contributed by atoms with van der Waals surface area (Å²) in [4.78, 5) is 0. The van der Waals surface area contributed by atoms with Gasteiger partial charge in [-0.3, -0.25) is 0 Å². The first-order chi connectivity index (χ1) is 8.51. The Morgan fingerprint density at radius 1 is 0.947 bits per heavy atom. The topological polar surface area (TPSA) is 29.5 Å². The summed E-state index contributed by atoms with van der Waals surface area (Å²) >= 11 is 0. The van der Waals surface area contributed by atoms with Gasteiger partial charge in [0.15, 0.2) is 8.32 Å². The number of rotatable bonds is 2. The van der Waals surface area contributed by atoms with Gasteiger partial charge in [-0.2, -0.15) is 0 Å². The Morgan fingerprint density at radius 2 is 1.37 bits per heavy atom. The fourth-order valence-corrected chi connectivity index (χ4v) is 3.76. The number of hydrogen-bond donors (Lipinski definition) is 1. The summed E-state index contributed by atoms with van der Waals surface area (Å²) in [6, 6.07) is 0.